The number of benzene rings is 2. The highest BCUT2D eigenvalue weighted by atomic mass is 19.4. The summed E-state index contributed by atoms with van der Waals surface area (Å²) in [4.78, 5) is 36.3. The molecule has 8 nitrogen and oxygen atoms in total. The van der Waals surface area contributed by atoms with Crippen LogP contribution in [0, 0.1) is 5.92 Å². The molecule has 11 heteroatoms. The molecule has 0 heterocycles. The van der Waals surface area contributed by atoms with Gasteiger partial charge in [-0.25, -0.2) is 0 Å². The lowest BCUT2D eigenvalue weighted by Gasteiger charge is -2.14. The quantitative estimate of drug-likeness (QED) is 0.515. The standard InChI is InChI=1S/C22H24F3N3O5/c1-13(10-19(29)26-17-9-8-16(32-2)12-18(17)33-3)11-20(30)27-28-21(31)14-4-6-15(7-5-14)22(23,24)25/h4-9,12-13H,10-11H2,1-3H3,(H,26,29)(H,27,30)(H,28,31)/t13-/m0/s1. The minimum Gasteiger partial charge on any atom is -0.497 e. The predicted molar refractivity (Wildman–Crippen MR) is 114 cm³/mol. The number of hydrogen-bond acceptors (Lipinski definition) is 5. The van der Waals surface area contributed by atoms with Gasteiger partial charge in [-0.2, -0.15) is 13.2 Å². The van der Waals surface area contributed by atoms with Crippen molar-refractivity contribution in [3.8, 4) is 11.5 Å². The Bertz CT molecular complexity index is 994. The van der Waals surface area contributed by atoms with Gasteiger partial charge in [0.05, 0.1) is 25.5 Å². The Morgan fingerprint density at radius 2 is 1.55 bits per heavy atom. The van der Waals surface area contributed by atoms with Gasteiger partial charge in [-0.1, -0.05) is 6.92 Å². The van der Waals surface area contributed by atoms with Gasteiger partial charge >= 0.3 is 6.18 Å². The number of carbonyl (C=O) groups excluding carboxylic acids is 3. The molecule has 0 radical (unpaired) electrons. The molecule has 0 aliphatic carbocycles. The minimum atomic E-state index is -4.51. The SMILES string of the molecule is COc1ccc(NC(=O)C[C@H](C)CC(=O)NNC(=O)c2ccc(C(F)(F)F)cc2)c(OC)c1. The highest BCUT2D eigenvalue weighted by molar-refractivity contribution is 5.95. The second-order valence-electron chi connectivity index (χ2n) is 7.21. The third kappa shape index (κ3) is 7.70. The van der Waals surface area contributed by atoms with Crippen LogP contribution in [0.25, 0.3) is 0 Å². The summed E-state index contributed by atoms with van der Waals surface area (Å²) in [7, 11) is 2.96. The molecule has 0 fully saturated rings. The Kier molecular flexibility index (Phi) is 8.66. The first-order valence-electron chi connectivity index (χ1n) is 9.81. The van der Waals surface area contributed by atoms with E-state index < -0.39 is 23.6 Å². The number of carbonyl (C=O) groups is 3. The summed E-state index contributed by atoms with van der Waals surface area (Å²) in [5.41, 5.74) is 3.83. The highest BCUT2D eigenvalue weighted by Crippen LogP contribution is 2.30. The zero-order valence-corrected chi connectivity index (χ0v) is 18.2. The van der Waals surface area contributed by atoms with Crippen molar-refractivity contribution in [2.24, 2.45) is 5.92 Å². The maximum atomic E-state index is 12.6. The number of alkyl halides is 3. The summed E-state index contributed by atoms with van der Waals surface area (Å²) in [5.74, 6) is -1.05. The monoisotopic (exact) mass is 467 g/mol. The zero-order chi connectivity index (χ0) is 24.6. The number of anilines is 1. The maximum Gasteiger partial charge on any atom is 0.416 e. The number of rotatable bonds is 8. The number of hydrazine groups is 1. The molecule has 0 unspecified atom stereocenters. The third-order valence-electron chi connectivity index (χ3n) is 4.54. The molecule has 0 bridgehead atoms. The summed E-state index contributed by atoms with van der Waals surface area (Å²) in [6.07, 6.45) is -4.56. The maximum absolute atomic E-state index is 12.6. The van der Waals surface area contributed by atoms with E-state index in [-0.39, 0.29) is 30.2 Å². The molecule has 1 atom stereocenters. The number of hydrogen-bond donors (Lipinski definition) is 3. The van der Waals surface area contributed by atoms with Crippen molar-refractivity contribution < 1.29 is 37.0 Å². The van der Waals surface area contributed by atoms with Crippen LogP contribution in [-0.4, -0.2) is 31.9 Å². The van der Waals surface area contributed by atoms with Crippen LogP contribution < -0.4 is 25.6 Å². The third-order valence-corrected chi connectivity index (χ3v) is 4.54. The fourth-order valence-electron chi connectivity index (χ4n) is 2.87. The van der Waals surface area contributed by atoms with Crippen molar-refractivity contribution in [1.82, 2.24) is 10.9 Å². The lowest BCUT2D eigenvalue weighted by Crippen LogP contribution is -2.42. The molecule has 3 N–H and O–H groups in total. The second-order valence-corrected chi connectivity index (χ2v) is 7.21. The van der Waals surface area contributed by atoms with Crippen LogP contribution in [0.5, 0.6) is 11.5 Å². The lowest BCUT2D eigenvalue weighted by molar-refractivity contribution is -0.137. The molecule has 0 aliphatic heterocycles. The van der Waals surface area contributed by atoms with Gasteiger partial charge in [0.1, 0.15) is 11.5 Å². The van der Waals surface area contributed by atoms with Gasteiger partial charge in [-0.05, 0) is 42.3 Å². The van der Waals surface area contributed by atoms with E-state index in [1.54, 1.807) is 25.1 Å². The second kappa shape index (κ2) is 11.2. The average molecular weight is 467 g/mol. The smallest absolute Gasteiger partial charge is 0.416 e. The van der Waals surface area contributed by atoms with Gasteiger partial charge in [-0.3, -0.25) is 25.2 Å². The van der Waals surface area contributed by atoms with Crippen molar-refractivity contribution in [3.63, 3.8) is 0 Å². The van der Waals surface area contributed by atoms with E-state index >= 15 is 0 Å². The molecule has 0 spiro atoms. The molecule has 0 aliphatic rings. The van der Waals surface area contributed by atoms with Crippen LogP contribution in [0.2, 0.25) is 0 Å². The molecule has 2 aromatic carbocycles. The number of amides is 3. The molecule has 33 heavy (non-hydrogen) atoms. The summed E-state index contributed by atoms with van der Waals surface area (Å²) in [5, 5.41) is 2.70. The van der Waals surface area contributed by atoms with E-state index in [0.717, 1.165) is 24.3 Å². The van der Waals surface area contributed by atoms with Crippen LogP contribution >= 0.6 is 0 Å². The lowest BCUT2D eigenvalue weighted by atomic mass is 10.0. The Morgan fingerprint density at radius 1 is 0.909 bits per heavy atom. The van der Waals surface area contributed by atoms with Crippen molar-refractivity contribution in [2.45, 2.75) is 25.9 Å². The van der Waals surface area contributed by atoms with E-state index in [4.69, 9.17) is 9.47 Å². The van der Waals surface area contributed by atoms with E-state index in [1.807, 2.05) is 0 Å². The van der Waals surface area contributed by atoms with Gasteiger partial charge in [0.2, 0.25) is 11.8 Å². The highest BCUT2D eigenvalue weighted by Gasteiger charge is 2.30. The van der Waals surface area contributed by atoms with E-state index in [2.05, 4.69) is 16.2 Å². The van der Waals surface area contributed by atoms with E-state index in [9.17, 15) is 27.6 Å². The number of halogens is 3. The van der Waals surface area contributed by atoms with Crippen LogP contribution in [0.3, 0.4) is 0 Å². The average Bonchev–Trinajstić information content (AvgIpc) is 2.77. The Hall–Kier alpha value is -3.76. The molecule has 0 aromatic heterocycles. The van der Waals surface area contributed by atoms with Crippen LogP contribution in [-0.2, 0) is 15.8 Å². The van der Waals surface area contributed by atoms with Crippen molar-refractivity contribution >= 4 is 23.4 Å². The first-order chi connectivity index (χ1) is 15.5. The van der Waals surface area contributed by atoms with E-state index in [0.29, 0.717) is 17.2 Å². The van der Waals surface area contributed by atoms with Gasteiger partial charge in [-0.15, -0.1) is 0 Å². The Labute approximate surface area is 188 Å². The van der Waals surface area contributed by atoms with Crippen molar-refractivity contribution in [2.75, 3.05) is 19.5 Å². The molecule has 2 aromatic rings. The Balaban J connectivity index is 1.81. The normalized spacial score (nSPS) is 11.8. The largest absolute Gasteiger partial charge is 0.497 e. The van der Waals surface area contributed by atoms with Crippen LogP contribution in [0.4, 0.5) is 18.9 Å². The first kappa shape index (κ1) is 25.5. The van der Waals surface area contributed by atoms with Gasteiger partial charge < -0.3 is 14.8 Å². The van der Waals surface area contributed by atoms with Gasteiger partial charge in [0, 0.05) is 24.5 Å². The van der Waals surface area contributed by atoms with Crippen LogP contribution in [0.15, 0.2) is 42.5 Å². The fraction of sp³-hybridized carbons (Fsp3) is 0.318. The molecule has 0 saturated heterocycles. The minimum absolute atomic E-state index is 0.0233. The van der Waals surface area contributed by atoms with E-state index in [1.165, 1.54) is 14.2 Å². The zero-order valence-electron chi connectivity index (χ0n) is 18.2. The van der Waals surface area contributed by atoms with Crippen molar-refractivity contribution in [3.05, 3.63) is 53.6 Å². The number of methoxy groups -OCH3 is 2. The summed E-state index contributed by atoms with van der Waals surface area (Å²) >= 11 is 0. The fourth-order valence-corrected chi connectivity index (χ4v) is 2.87. The molecular formula is C22H24F3N3O5. The number of ether oxygens (including phenoxy) is 2. The van der Waals surface area contributed by atoms with Gasteiger partial charge in [0.15, 0.2) is 0 Å². The summed E-state index contributed by atoms with van der Waals surface area (Å²) in [6, 6.07) is 8.46. The molecule has 178 valence electrons. The summed E-state index contributed by atoms with van der Waals surface area (Å²) in [6.45, 7) is 1.68. The molecule has 0 saturated carbocycles. The molecule has 2 rings (SSSR count). The van der Waals surface area contributed by atoms with Crippen molar-refractivity contribution in [1.29, 1.82) is 0 Å². The Morgan fingerprint density at radius 3 is 2.12 bits per heavy atom. The molecule has 3 amide bonds. The molecular weight excluding hydrogens is 443 g/mol. The van der Waals surface area contributed by atoms with Gasteiger partial charge in [0.25, 0.3) is 5.91 Å². The predicted octanol–water partition coefficient (Wildman–Crippen LogP) is 3.54. The number of nitrogens with one attached hydrogen (secondary N) is 3. The summed E-state index contributed by atoms with van der Waals surface area (Å²) < 4.78 is 48.1. The topological polar surface area (TPSA) is 106 Å². The van der Waals surface area contributed by atoms with Crippen LogP contribution in [0.1, 0.15) is 35.7 Å². The first-order valence-corrected chi connectivity index (χ1v) is 9.81.